The Labute approximate surface area is 126 Å². The third-order valence-corrected chi connectivity index (χ3v) is 3.82. The molecule has 0 bridgehead atoms. The summed E-state index contributed by atoms with van der Waals surface area (Å²) in [6.07, 6.45) is -0.857. The highest BCUT2D eigenvalue weighted by Crippen LogP contribution is 2.20. The van der Waals surface area contributed by atoms with Gasteiger partial charge in [-0.05, 0) is 17.7 Å². The number of rotatable bonds is 4. The number of aliphatic hydroxyl groups is 1. The van der Waals surface area contributed by atoms with E-state index in [0.29, 0.717) is 12.1 Å². The van der Waals surface area contributed by atoms with Crippen molar-refractivity contribution in [3.05, 3.63) is 34.6 Å². The molecule has 1 aromatic rings. The summed E-state index contributed by atoms with van der Waals surface area (Å²) in [6.45, 7) is 0.324. The van der Waals surface area contributed by atoms with E-state index in [0.717, 1.165) is 6.07 Å². The van der Waals surface area contributed by atoms with Crippen LogP contribution >= 0.6 is 11.6 Å². The van der Waals surface area contributed by atoms with Gasteiger partial charge in [0.05, 0.1) is 17.0 Å². The van der Waals surface area contributed by atoms with Crippen molar-refractivity contribution >= 4 is 23.4 Å². The number of amides is 2. The van der Waals surface area contributed by atoms with Crippen molar-refractivity contribution in [3.63, 3.8) is 0 Å². The normalized spacial score (nSPS) is 19.7. The molecule has 1 heterocycles. The van der Waals surface area contributed by atoms with Gasteiger partial charge in [-0.1, -0.05) is 17.7 Å². The van der Waals surface area contributed by atoms with Crippen LogP contribution in [-0.4, -0.2) is 42.0 Å². The number of aliphatic hydroxyl groups excluding tert-OH is 1. The van der Waals surface area contributed by atoms with Gasteiger partial charge in [0.25, 0.3) is 0 Å². The predicted octanol–water partition coefficient (Wildman–Crippen LogP) is 1.11. The second kappa shape index (κ2) is 6.41. The second-order valence-corrected chi connectivity index (χ2v) is 5.52. The van der Waals surface area contributed by atoms with Gasteiger partial charge in [-0.15, -0.1) is 0 Å². The molecule has 1 saturated heterocycles. The van der Waals surface area contributed by atoms with Crippen LogP contribution in [-0.2, 0) is 9.59 Å². The van der Waals surface area contributed by atoms with E-state index in [1.54, 1.807) is 7.05 Å². The number of benzene rings is 1. The molecule has 0 spiro atoms. The molecule has 2 N–H and O–H groups in total. The summed E-state index contributed by atoms with van der Waals surface area (Å²) in [6, 6.07) is 3.98. The molecular formula is C14H16ClFN2O3. The highest BCUT2D eigenvalue weighted by atomic mass is 35.5. The molecule has 2 unspecified atom stereocenters. The maximum atomic E-state index is 13.3. The molecular weight excluding hydrogens is 299 g/mol. The molecule has 1 fully saturated rings. The standard InChI is InChI=1S/C14H16ClFN2O3/c1-18-7-9(5-13(18)20)14(21)17-6-12(19)8-2-3-10(15)11(16)4-8/h2-4,9,12,19H,5-7H2,1H3,(H,17,21). The average Bonchev–Trinajstić information content (AvgIpc) is 2.78. The van der Waals surface area contributed by atoms with Crippen LogP contribution in [0.3, 0.4) is 0 Å². The quantitative estimate of drug-likeness (QED) is 0.874. The molecule has 1 aromatic carbocycles. The van der Waals surface area contributed by atoms with E-state index in [1.165, 1.54) is 17.0 Å². The lowest BCUT2D eigenvalue weighted by Gasteiger charge is -2.15. The Bertz CT molecular complexity index is 567. The van der Waals surface area contributed by atoms with E-state index in [-0.39, 0.29) is 29.8 Å². The van der Waals surface area contributed by atoms with Crippen LogP contribution in [0.15, 0.2) is 18.2 Å². The molecule has 2 atom stereocenters. The van der Waals surface area contributed by atoms with Crippen molar-refractivity contribution < 1.29 is 19.1 Å². The van der Waals surface area contributed by atoms with Crippen LogP contribution in [0.1, 0.15) is 18.1 Å². The minimum Gasteiger partial charge on any atom is -0.387 e. The maximum absolute atomic E-state index is 13.3. The Morgan fingerprint density at radius 2 is 2.33 bits per heavy atom. The minimum absolute atomic E-state index is 0.0255. The van der Waals surface area contributed by atoms with Crippen LogP contribution in [0.2, 0.25) is 5.02 Å². The number of nitrogens with zero attached hydrogens (tertiary/aromatic N) is 1. The number of halogens is 2. The highest BCUT2D eigenvalue weighted by Gasteiger charge is 2.32. The topological polar surface area (TPSA) is 69.6 Å². The fourth-order valence-corrected chi connectivity index (χ4v) is 2.34. The van der Waals surface area contributed by atoms with Gasteiger partial charge < -0.3 is 15.3 Å². The number of likely N-dealkylation sites (tertiary alicyclic amines) is 1. The van der Waals surface area contributed by atoms with Gasteiger partial charge in [0.2, 0.25) is 11.8 Å². The van der Waals surface area contributed by atoms with Crippen LogP contribution < -0.4 is 5.32 Å². The van der Waals surface area contributed by atoms with Gasteiger partial charge in [-0.3, -0.25) is 9.59 Å². The van der Waals surface area contributed by atoms with Crippen LogP contribution in [0.5, 0.6) is 0 Å². The van der Waals surface area contributed by atoms with Gasteiger partial charge in [0.1, 0.15) is 5.82 Å². The van der Waals surface area contributed by atoms with Crippen molar-refractivity contribution in [1.29, 1.82) is 0 Å². The first-order chi connectivity index (χ1) is 9.88. The smallest absolute Gasteiger partial charge is 0.225 e. The van der Waals surface area contributed by atoms with Gasteiger partial charge in [-0.2, -0.15) is 0 Å². The van der Waals surface area contributed by atoms with E-state index >= 15 is 0 Å². The van der Waals surface area contributed by atoms with E-state index in [4.69, 9.17) is 11.6 Å². The first-order valence-electron chi connectivity index (χ1n) is 6.53. The Morgan fingerprint density at radius 1 is 1.62 bits per heavy atom. The van der Waals surface area contributed by atoms with Gasteiger partial charge in [0, 0.05) is 26.6 Å². The molecule has 0 aliphatic carbocycles. The second-order valence-electron chi connectivity index (χ2n) is 5.11. The van der Waals surface area contributed by atoms with Gasteiger partial charge >= 0.3 is 0 Å². The largest absolute Gasteiger partial charge is 0.387 e. The van der Waals surface area contributed by atoms with E-state index in [2.05, 4.69) is 5.32 Å². The van der Waals surface area contributed by atoms with E-state index < -0.39 is 17.8 Å². The Hall–Kier alpha value is -1.66. The van der Waals surface area contributed by atoms with Crippen LogP contribution in [0.4, 0.5) is 4.39 Å². The molecule has 1 aliphatic heterocycles. The summed E-state index contributed by atoms with van der Waals surface area (Å²) < 4.78 is 13.3. The Kier molecular flexibility index (Phi) is 4.80. The zero-order valence-electron chi connectivity index (χ0n) is 11.5. The summed E-state index contributed by atoms with van der Waals surface area (Å²) in [4.78, 5) is 24.8. The van der Waals surface area contributed by atoms with Crippen molar-refractivity contribution in [1.82, 2.24) is 10.2 Å². The van der Waals surface area contributed by atoms with Gasteiger partial charge in [-0.25, -0.2) is 4.39 Å². The van der Waals surface area contributed by atoms with Crippen LogP contribution in [0.25, 0.3) is 0 Å². The molecule has 2 amide bonds. The summed E-state index contributed by atoms with van der Waals surface area (Å²) >= 11 is 5.56. The first kappa shape index (κ1) is 15.7. The minimum atomic E-state index is -1.03. The molecule has 2 rings (SSSR count). The molecule has 0 aromatic heterocycles. The third-order valence-electron chi connectivity index (χ3n) is 3.51. The number of hydrogen-bond acceptors (Lipinski definition) is 3. The molecule has 7 heteroatoms. The zero-order valence-corrected chi connectivity index (χ0v) is 12.2. The van der Waals surface area contributed by atoms with Crippen molar-refractivity contribution in [2.24, 2.45) is 5.92 Å². The Balaban J connectivity index is 1.89. The lowest BCUT2D eigenvalue weighted by Crippen LogP contribution is -2.35. The van der Waals surface area contributed by atoms with E-state index in [9.17, 15) is 19.1 Å². The zero-order chi connectivity index (χ0) is 15.6. The average molecular weight is 315 g/mol. The monoisotopic (exact) mass is 314 g/mol. The molecule has 5 nitrogen and oxygen atoms in total. The lowest BCUT2D eigenvalue weighted by molar-refractivity contribution is -0.128. The molecule has 0 radical (unpaired) electrons. The summed E-state index contributed by atoms with van der Waals surface area (Å²) in [5, 5.41) is 12.5. The number of carbonyl (C=O) groups excluding carboxylic acids is 2. The molecule has 21 heavy (non-hydrogen) atoms. The first-order valence-corrected chi connectivity index (χ1v) is 6.91. The van der Waals surface area contributed by atoms with E-state index in [1.807, 2.05) is 0 Å². The number of nitrogens with one attached hydrogen (secondary N) is 1. The summed E-state index contributed by atoms with van der Waals surface area (Å²) in [5.74, 6) is -1.39. The van der Waals surface area contributed by atoms with Crippen LogP contribution in [0, 0.1) is 11.7 Å². The maximum Gasteiger partial charge on any atom is 0.225 e. The summed E-state index contributed by atoms with van der Waals surface area (Å²) in [7, 11) is 1.64. The predicted molar refractivity (Wildman–Crippen MR) is 75.1 cm³/mol. The Morgan fingerprint density at radius 3 is 2.90 bits per heavy atom. The highest BCUT2D eigenvalue weighted by molar-refractivity contribution is 6.30. The third kappa shape index (κ3) is 3.71. The molecule has 114 valence electrons. The number of hydrogen-bond donors (Lipinski definition) is 2. The van der Waals surface area contributed by atoms with Gasteiger partial charge in [0.15, 0.2) is 0 Å². The molecule has 1 aliphatic rings. The fourth-order valence-electron chi connectivity index (χ4n) is 2.22. The number of carbonyl (C=O) groups is 2. The van der Waals surface area contributed by atoms with Crippen molar-refractivity contribution in [3.8, 4) is 0 Å². The fraction of sp³-hybridized carbons (Fsp3) is 0.429. The summed E-state index contributed by atoms with van der Waals surface area (Å²) in [5.41, 5.74) is 0.330. The van der Waals surface area contributed by atoms with Crippen molar-refractivity contribution in [2.75, 3.05) is 20.1 Å². The lowest BCUT2D eigenvalue weighted by atomic mass is 10.1. The molecule has 0 saturated carbocycles. The SMILES string of the molecule is CN1CC(C(=O)NCC(O)c2ccc(Cl)c(F)c2)CC1=O. The van der Waals surface area contributed by atoms with Crippen molar-refractivity contribution in [2.45, 2.75) is 12.5 Å².